The Balaban J connectivity index is 0.00000507. The lowest BCUT2D eigenvalue weighted by Gasteiger charge is -2.21. The maximum atomic E-state index is 12.7. The lowest BCUT2D eigenvalue weighted by molar-refractivity contribution is -0.519. The van der Waals surface area contributed by atoms with Crippen molar-refractivity contribution in [2.75, 3.05) is 31.1 Å². The zero-order valence-electron chi connectivity index (χ0n) is 21.9. The monoisotopic (exact) mass is 562 g/mol. The molecule has 11 heteroatoms. The molecule has 0 heterocycles. The Bertz CT molecular complexity index is 1480. The normalized spacial score (nSPS) is 13.3. The van der Waals surface area contributed by atoms with E-state index in [0.29, 0.717) is 5.57 Å². The average molecular weight is 563 g/mol. The second kappa shape index (κ2) is 12.6. The summed E-state index contributed by atoms with van der Waals surface area (Å²) >= 11 is 0. The van der Waals surface area contributed by atoms with Crippen LogP contribution in [0.2, 0.25) is 0 Å². The molecule has 1 aliphatic carbocycles. The summed E-state index contributed by atoms with van der Waals surface area (Å²) in [6, 6.07) is 9.05. The van der Waals surface area contributed by atoms with Gasteiger partial charge in [-0.3, -0.25) is 9.11 Å². The maximum absolute atomic E-state index is 12.7. The number of allylic oxidation sites excluding steroid dienone is 5. The molecule has 1 aliphatic rings. The van der Waals surface area contributed by atoms with Crippen molar-refractivity contribution in [1.82, 2.24) is 0 Å². The highest BCUT2D eigenvalue weighted by molar-refractivity contribution is 7.87. The van der Waals surface area contributed by atoms with Crippen LogP contribution in [0.1, 0.15) is 33.3 Å². The zero-order chi connectivity index (χ0) is 27.4. The van der Waals surface area contributed by atoms with Gasteiger partial charge in [0.25, 0.3) is 20.2 Å². The topological polar surface area (TPSA) is 145 Å². The fourth-order valence-corrected chi connectivity index (χ4v) is 6.13. The lowest BCUT2D eigenvalue weighted by Crippen LogP contribution is -2.21. The minimum atomic E-state index is -4.91. The summed E-state index contributed by atoms with van der Waals surface area (Å²) in [4.78, 5) is 0.874. The number of rotatable bonds is 9. The molecule has 38 heavy (non-hydrogen) atoms. The molecule has 0 saturated carbocycles. The molecule has 0 aliphatic heterocycles. The van der Waals surface area contributed by atoms with Crippen molar-refractivity contribution in [1.29, 1.82) is 0 Å². The highest BCUT2D eigenvalue weighted by atomic mass is 32.2. The first-order valence-corrected chi connectivity index (χ1v) is 15.0. The van der Waals surface area contributed by atoms with Crippen LogP contribution < -0.4 is 4.90 Å². The summed E-state index contributed by atoms with van der Waals surface area (Å²) in [7, 11) is -9.72. The molecule has 3 rings (SSSR count). The Morgan fingerprint density at radius 3 is 1.79 bits per heavy atom. The van der Waals surface area contributed by atoms with Gasteiger partial charge in [-0.2, -0.15) is 16.8 Å². The van der Waals surface area contributed by atoms with E-state index in [-0.39, 0.29) is 22.2 Å². The van der Waals surface area contributed by atoms with Gasteiger partial charge < -0.3 is 10.4 Å². The van der Waals surface area contributed by atoms with E-state index in [4.69, 9.17) is 0 Å². The smallest absolute Gasteiger partial charge is 0.295 e. The quantitative estimate of drug-likeness (QED) is 0.335. The van der Waals surface area contributed by atoms with Gasteiger partial charge in [-0.1, -0.05) is 18.2 Å². The molecule has 0 fully saturated rings. The SMILES string of the molecule is CCN(CC)c1ccc(-c2c(S(=O)(=O)O)ccc(C=C3C=CC(=[N+](CC)CC)C=C3)c2S(=O)(=O)O)cc1.[OH-]. The van der Waals surface area contributed by atoms with Crippen LogP contribution in [0.3, 0.4) is 0 Å². The lowest BCUT2D eigenvalue weighted by atomic mass is 9.99. The van der Waals surface area contributed by atoms with E-state index >= 15 is 0 Å². The van der Waals surface area contributed by atoms with E-state index in [0.717, 1.165) is 43.6 Å². The zero-order valence-corrected chi connectivity index (χ0v) is 23.5. The van der Waals surface area contributed by atoms with Crippen molar-refractivity contribution in [3.63, 3.8) is 0 Å². The van der Waals surface area contributed by atoms with Gasteiger partial charge in [0.1, 0.15) is 22.9 Å². The van der Waals surface area contributed by atoms with Gasteiger partial charge in [0.05, 0.1) is 0 Å². The van der Waals surface area contributed by atoms with Crippen LogP contribution in [0.5, 0.6) is 0 Å². The second-order valence-electron chi connectivity index (χ2n) is 8.43. The first-order chi connectivity index (χ1) is 17.4. The van der Waals surface area contributed by atoms with E-state index in [2.05, 4.69) is 23.3 Å². The minimum Gasteiger partial charge on any atom is -0.870 e. The summed E-state index contributed by atoms with van der Waals surface area (Å²) in [5.74, 6) is 0. The van der Waals surface area contributed by atoms with Gasteiger partial charge in [0.15, 0.2) is 5.71 Å². The third kappa shape index (κ3) is 6.86. The average Bonchev–Trinajstić information content (AvgIpc) is 2.85. The fraction of sp³-hybridized carbons (Fsp3) is 0.296. The van der Waals surface area contributed by atoms with Crippen molar-refractivity contribution in [3.05, 3.63) is 71.8 Å². The number of anilines is 1. The summed E-state index contributed by atoms with van der Waals surface area (Å²) in [5.41, 5.74) is 2.56. The van der Waals surface area contributed by atoms with E-state index in [1.54, 1.807) is 30.3 Å². The highest BCUT2D eigenvalue weighted by Gasteiger charge is 2.28. The predicted octanol–water partition coefficient (Wildman–Crippen LogP) is 4.52. The Kier molecular flexibility index (Phi) is 10.4. The molecule has 0 saturated heterocycles. The molecule has 3 N–H and O–H groups in total. The number of hydrogen-bond donors (Lipinski definition) is 2. The molecule has 0 bridgehead atoms. The van der Waals surface area contributed by atoms with Crippen LogP contribution in [-0.4, -0.2) is 67.9 Å². The van der Waals surface area contributed by atoms with E-state index in [9.17, 15) is 25.9 Å². The molecule has 9 nitrogen and oxygen atoms in total. The molecule has 0 atom stereocenters. The van der Waals surface area contributed by atoms with Crippen molar-refractivity contribution < 1.29 is 36.0 Å². The van der Waals surface area contributed by atoms with Gasteiger partial charge >= 0.3 is 0 Å². The maximum Gasteiger partial charge on any atom is 0.295 e. The van der Waals surface area contributed by atoms with Gasteiger partial charge in [-0.15, -0.1) is 0 Å². The van der Waals surface area contributed by atoms with Crippen molar-refractivity contribution >= 4 is 37.7 Å². The first-order valence-electron chi connectivity index (χ1n) is 12.1. The van der Waals surface area contributed by atoms with Gasteiger partial charge in [0.2, 0.25) is 0 Å². The molecule has 0 spiro atoms. The number of nitrogens with zero attached hydrogens (tertiary/aromatic N) is 2. The van der Waals surface area contributed by atoms with E-state index in [1.807, 2.05) is 38.2 Å². The molecule has 2 aromatic rings. The molecule has 0 unspecified atom stereocenters. The fourth-order valence-electron chi connectivity index (χ4n) is 4.44. The number of hydrogen-bond acceptors (Lipinski definition) is 6. The Morgan fingerprint density at radius 1 is 0.789 bits per heavy atom. The molecule has 0 aromatic heterocycles. The molecule has 2 aromatic carbocycles. The third-order valence-electron chi connectivity index (χ3n) is 6.31. The standard InChI is InChI=1S/C27H32N2O6S2.H2O/c1-5-28(6-2)23-14-9-20(10-15-23)19-22-13-18-25(36(30,31)32)26(27(22)37(33,34)35)21-11-16-24(17-12-21)29(7-3)8-4;/h9-19H,5-8H2,1-4H3,(H-,30,31,32,33,34,35);1H2. The Labute approximate surface area is 224 Å². The van der Waals surface area contributed by atoms with Crippen molar-refractivity contribution in [2.24, 2.45) is 0 Å². The van der Waals surface area contributed by atoms with Gasteiger partial charge in [-0.25, -0.2) is 4.58 Å². The third-order valence-corrected chi connectivity index (χ3v) is 8.17. The summed E-state index contributed by atoms with van der Waals surface area (Å²) in [6.45, 7) is 11.3. The van der Waals surface area contributed by atoms with Crippen LogP contribution in [0.4, 0.5) is 5.69 Å². The second-order valence-corrected chi connectivity index (χ2v) is 11.2. The van der Waals surface area contributed by atoms with E-state index in [1.165, 1.54) is 6.07 Å². The molecule has 0 radical (unpaired) electrons. The van der Waals surface area contributed by atoms with Crippen LogP contribution in [0.15, 0.2) is 76.1 Å². The largest absolute Gasteiger partial charge is 0.870 e. The summed E-state index contributed by atoms with van der Waals surface area (Å²) in [5, 5.41) is 0. The molecule has 206 valence electrons. The summed E-state index contributed by atoms with van der Waals surface area (Å²) in [6.07, 6.45) is 9.00. The van der Waals surface area contributed by atoms with Crippen LogP contribution in [0, 0.1) is 0 Å². The molecular weight excluding hydrogens is 528 g/mol. The molecular formula is C27H34N2O7S2. The number of benzene rings is 2. The van der Waals surface area contributed by atoms with Gasteiger partial charge in [0, 0.05) is 36.5 Å². The first kappa shape index (κ1) is 31.1. The Morgan fingerprint density at radius 2 is 1.34 bits per heavy atom. The summed E-state index contributed by atoms with van der Waals surface area (Å²) < 4.78 is 72.1. The van der Waals surface area contributed by atoms with Crippen molar-refractivity contribution in [3.8, 4) is 11.1 Å². The predicted molar refractivity (Wildman–Crippen MR) is 150 cm³/mol. The van der Waals surface area contributed by atoms with Crippen molar-refractivity contribution in [2.45, 2.75) is 37.5 Å². The molecule has 0 amide bonds. The minimum absolute atomic E-state index is 0. The van der Waals surface area contributed by atoms with Gasteiger partial charge in [-0.05, 0) is 80.8 Å². The van der Waals surface area contributed by atoms with Crippen LogP contribution >= 0.6 is 0 Å². The Hall–Kier alpha value is -3.09. The highest BCUT2D eigenvalue weighted by Crippen LogP contribution is 2.38. The van der Waals surface area contributed by atoms with E-state index < -0.39 is 30.0 Å². The van der Waals surface area contributed by atoms with Crippen LogP contribution in [0.25, 0.3) is 17.2 Å². The van der Waals surface area contributed by atoms with Crippen LogP contribution in [-0.2, 0) is 20.2 Å².